The van der Waals surface area contributed by atoms with E-state index < -0.39 is 10.1 Å². The minimum atomic E-state index is -4.60. The third kappa shape index (κ3) is 2.36. The molecule has 0 spiro atoms. The summed E-state index contributed by atoms with van der Waals surface area (Å²) in [5, 5.41) is 0. The number of rotatable bonds is 2. The molecule has 24 heavy (non-hydrogen) atoms. The number of imidazole rings is 2. The van der Waals surface area contributed by atoms with Gasteiger partial charge in [-0.25, -0.2) is 18.4 Å². The molecule has 2 N–H and O–H groups in total. The Kier molecular flexibility index (Phi) is 3.03. The van der Waals surface area contributed by atoms with Gasteiger partial charge in [-0.05, 0) is 38.1 Å². The smallest absolute Gasteiger partial charge is 0.139 e. The number of H-pyrrole nitrogens is 2. The van der Waals surface area contributed by atoms with E-state index in [4.69, 9.17) is 0 Å². The summed E-state index contributed by atoms with van der Waals surface area (Å²) >= 11 is 0. The number of aryl methyl sites for hydroxylation is 2. The van der Waals surface area contributed by atoms with Crippen molar-refractivity contribution < 1.29 is 13.0 Å². The highest BCUT2D eigenvalue weighted by Gasteiger charge is 2.15. The predicted molar refractivity (Wildman–Crippen MR) is 88.6 cm³/mol. The Bertz CT molecular complexity index is 1150. The van der Waals surface area contributed by atoms with Crippen LogP contribution in [0.25, 0.3) is 33.5 Å². The number of benzene rings is 2. The average Bonchev–Trinajstić information content (AvgIpc) is 3.04. The fraction of sp³-hybridized carbons (Fsp3) is 0.125. The van der Waals surface area contributed by atoms with E-state index in [0.29, 0.717) is 11.3 Å². The van der Waals surface area contributed by atoms with E-state index >= 15 is 0 Å². The van der Waals surface area contributed by atoms with Crippen molar-refractivity contribution in [1.29, 1.82) is 0 Å². The van der Waals surface area contributed by atoms with Crippen molar-refractivity contribution in [2.75, 3.05) is 0 Å². The minimum absolute atomic E-state index is 0.272. The summed E-state index contributed by atoms with van der Waals surface area (Å²) in [5.41, 5.74) is 4.13. The molecular formula is C16H13N4O3S-. The van der Waals surface area contributed by atoms with Crippen LogP contribution < -0.4 is 0 Å². The van der Waals surface area contributed by atoms with Gasteiger partial charge in [-0.1, -0.05) is 11.6 Å². The topological polar surface area (TPSA) is 115 Å². The van der Waals surface area contributed by atoms with Gasteiger partial charge in [0.1, 0.15) is 21.8 Å². The lowest BCUT2D eigenvalue weighted by molar-refractivity contribution is 0.463. The quantitative estimate of drug-likeness (QED) is 0.544. The predicted octanol–water partition coefficient (Wildman–Crippen LogP) is 2.63. The van der Waals surface area contributed by atoms with Crippen LogP contribution in [0.4, 0.5) is 0 Å². The number of nitrogens with zero attached hydrogens (tertiary/aromatic N) is 2. The maximum atomic E-state index is 11.5. The van der Waals surface area contributed by atoms with Gasteiger partial charge in [0.15, 0.2) is 0 Å². The first kappa shape index (κ1) is 14.9. The van der Waals surface area contributed by atoms with Crippen molar-refractivity contribution in [2.45, 2.75) is 18.7 Å². The molecule has 2 aromatic carbocycles. The van der Waals surface area contributed by atoms with Gasteiger partial charge >= 0.3 is 0 Å². The Labute approximate surface area is 137 Å². The molecule has 0 bridgehead atoms. The second kappa shape index (κ2) is 4.89. The summed E-state index contributed by atoms with van der Waals surface area (Å²) in [5.74, 6) is 1.14. The van der Waals surface area contributed by atoms with Crippen LogP contribution in [0.1, 0.15) is 11.4 Å². The number of aromatic amines is 2. The average molecular weight is 341 g/mol. The van der Waals surface area contributed by atoms with Crippen LogP contribution in [0.3, 0.4) is 0 Å². The second-order valence-corrected chi connectivity index (χ2v) is 7.10. The largest absolute Gasteiger partial charge is 0.744 e. The van der Waals surface area contributed by atoms with E-state index in [1.54, 1.807) is 12.1 Å². The van der Waals surface area contributed by atoms with Gasteiger partial charge < -0.3 is 14.5 Å². The van der Waals surface area contributed by atoms with Crippen molar-refractivity contribution in [3.63, 3.8) is 0 Å². The Hall–Kier alpha value is -2.71. The highest BCUT2D eigenvalue weighted by atomic mass is 32.2. The molecule has 0 atom stereocenters. The molecule has 0 aliphatic heterocycles. The van der Waals surface area contributed by atoms with Crippen LogP contribution in [0.15, 0.2) is 35.2 Å². The van der Waals surface area contributed by atoms with E-state index in [-0.39, 0.29) is 10.5 Å². The molecule has 0 amide bonds. The highest BCUT2D eigenvalue weighted by molar-refractivity contribution is 7.85. The number of aromatic nitrogens is 4. The Balaban J connectivity index is 1.98. The van der Waals surface area contributed by atoms with Gasteiger partial charge in [0.2, 0.25) is 0 Å². The minimum Gasteiger partial charge on any atom is -0.744 e. The molecule has 0 saturated heterocycles. The molecule has 0 unspecified atom stereocenters. The molecular weight excluding hydrogens is 328 g/mol. The third-order valence-electron chi connectivity index (χ3n) is 3.86. The van der Waals surface area contributed by atoms with Crippen LogP contribution in [0.5, 0.6) is 0 Å². The summed E-state index contributed by atoms with van der Waals surface area (Å²) in [6.07, 6.45) is 0. The molecule has 0 fully saturated rings. The summed E-state index contributed by atoms with van der Waals surface area (Å²) < 4.78 is 34.6. The fourth-order valence-electron chi connectivity index (χ4n) is 2.82. The zero-order valence-corrected chi connectivity index (χ0v) is 13.7. The molecule has 122 valence electrons. The maximum absolute atomic E-state index is 11.5. The number of fused-ring (bicyclic) bond motifs is 2. The van der Waals surface area contributed by atoms with Crippen LogP contribution in [-0.4, -0.2) is 32.9 Å². The number of hydrogen-bond acceptors (Lipinski definition) is 5. The van der Waals surface area contributed by atoms with Gasteiger partial charge in [0.05, 0.1) is 27.0 Å². The molecule has 2 heterocycles. The Morgan fingerprint density at radius 3 is 2.42 bits per heavy atom. The molecule has 4 rings (SSSR count). The maximum Gasteiger partial charge on any atom is 0.139 e. The lowest BCUT2D eigenvalue weighted by Gasteiger charge is -2.12. The molecule has 7 nitrogen and oxygen atoms in total. The first-order valence-corrected chi connectivity index (χ1v) is 8.65. The van der Waals surface area contributed by atoms with Crippen molar-refractivity contribution in [3.8, 4) is 11.4 Å². The van der Waals surface area contributed by atoms with Gasteiger partial charge in [-0.2, -0.15) is 0 Å². The van der Waals surface area contributed by atoms with Crippen LogP contribution in [0.2, 0.25) is 0 Å². The summed E-state index contributed by atoms with van der Waals surface area (Å²) in [6, 6.07) is 8.22. The molecule has 0 radical (unpaired) electrons. The lowest BCUT2D eigenvalue weighted by Crippen LogP contribution is -2.02. The van der Waals surface area contributed by atoms with Crippen molar-refractivity contribution in [3.05, 3.63) is 41.7 Å². The number of hydrogen-bond donors (Lipinski definition) is 2. The molecule has 4 aromatic rings. The van der Waals surface area contributed by atoms with Crippen LogP contribution in [-0.2, 0) is 10.1 Å². The summed E-state index contributed by atoms with van der Waals surface area (Å²) in [4.78, 5) is 14.8. The normalized spacial score (nSPS) is 12.3. The van der Waals surface area contributed by atoms with Crippen molar-refractivity contribution in [1.82, 2.24) is 19.9 Å². The third-order valence-corrected chi connectivity index (χ3v) is 4.76. The van der Waals surface area contributed by atoms with Gasteiger partial charge in [0, 0.05) is 5.56 Å². The molecule has 0 saturated carbocycles. The summed E-state index contributed by atoms with van der Waals surface area (Å²) in [7, 11) is -4.60. The zero-order valence-electron chi connectivity index (χ0n) is 12.9. The van der Waals surface area contributed by atoms with E-state index in [1.165, 1.54) is 6.07 Å². The second-order valence-electron chi connectivity index (χ2n) is 5.75. The Morgan fingerprint density at radius 2 is 1.67 bits per heavy atom. The van der Waals surface area contributed by atoms with Gasteiger partial charge in [-0.3, -0.25) is 0 Å². The van der Waals surface area contributed by atoms with E-state index in [1.807, 2.05) is 26.0 Å². The van der Waals surface area contributed by atoms with Crippen LogP contribution in [0, 0.1) is 13.8 Å². The monoisotopic (exact) mass is 341 g/mol. The number of nitrogens with one attached hydrogen (secondary N) is 2. The fourth-order valence-corrected chi connectivity index (χ4v) is 3.48. The van der Waals surface area contributed by atoms with E-state index in [0.717, 1.165) is 27.9 Å². The highest BCUT2D eigenvalue weighted by Crippen LogP contribution is 2.29. The molecule has 8 heteroatoms. The van der Waals surface area contributed by atoms with Crippen molar-refractivity contribution in [2.24, 2.45) is 0 Å². The molecule has 0 aliphatic rings. The van der Waals surface area contributed by atoms with E-state index in [9.17, 15) is 13.0 Å². The van der Waals surface area contributed by atoms with Crippen molar-refractivity contribution >= 4 is 32.2 Å². The SMILES string of the molecule is Cc1ccc(S(=O)(=O)[O-])c(-c2nc3cc4nc(C)[nH]c4cc3[nH]2)c1. The van der Waals surface area contributed by atoms with Gasteiger partial charge in [0.25, 0.3) is 0 Å². The molecule has 2 aromatic heterocycles. The summed E-state index contributed by atoms with van der Waals surface area (Å²) in [6.45, 7) is 3.69. The van der Waals surface area contributed by atoms with E-state index in [2.05, 4.69) is 19.9 Å². The van der Waals surface area contributed by atoms with Gasteiger partial charge in [-0.15, -0.1) is 0 Å². The first-order valence-electron chi connectivity index (χ1n) is 7.24. The Morgan fingerprint density at radius 1 is 0.958 bits per heavy atom. The molecule has 0 aliphatic carbocycles. The first-order chi connectivity index (χ1) is 11.3. The lowest BCUT2D eigenvalue weighted by atomic mass is 10.1. The van der Waals surface area contributed by atoms with Crippen LogP contribution >= 0.6 is 0 Å². The standard InChI is InChI=1S/C16H14N4O3S/c1-8-3-4-15(24(21,22)23)10(5-8)16-19-13-6-11-12(7-14(13)20-16)18-9(2)17-11/h3-7H,1-2H3,(H,17,18)(H,19,20)(H,21,22,23)/p-1. The zero-order chi connectivity index (χ0) is 17.1.